The maximum absolute atomic E-state index is 12.9. The number of alkyl halides is 3. The second kappa shape index (κ2) is 8.68. The number of carbonyl (C=O) groups excluding carboxylic acids is 1. The normalized spacial score (nSPS) is 11.5. The summed E-state index contributed by atoms with van der Waals surface area (Å²) in [7, 11) is 1.35. The first-order valence-electron chi connectivity index (χ1n) is 8.28. The first-order valence-corrected chi connectivity index (χ1v) is 10.5. The van der Waals surface area contributed by atoms with Crippen LogP contribution in [-0.4, -0.2) is 33.9 Å². The van der Waals surface area contributed by atoms with Crippen LogP contribution in [0, 0.1) is 0 Å². The first-order chi connectivity index (χ1) is 13.7. The summed E-state index contributed by atoms with van der Waals surface area (Å²) in [6, 6.07) is 9.02. The van der Waals surface area contributed by atoms with Crippen molar-refractivity contribution in [1.82, 2.24) is 15.2 Å². The minimum absolute atomic E-state index is 0.140. The van der Waals surface area contributed by atoms with Crippen LogP contribution in [0.2, 0.25) is 5.02 Å². The largest absolute Gasteiger partial charge is 0.445 e. The SMILES string of the molecule is CCSc1cc(-c2ccc(Cl)cc2)cnc1C(=O)N(C)c1nnc(C(F)(F)F)s1. The molecule has 0 atom stereocenters. The summed E-state index contributed by atoms with van der Waals surface area (Å²) in [5.41, 5.74) is 1.82. The van der Waals surface area contributed by atoms with E-state index in [0.29, 0.717) is 27.0 Å². The maximum Gasteiger partial charge on any atom is 0.445 e. The van der Waals surface area contributed by atoms with E-state index in [-0.39, 0.29) is 10.8 Å². The molecule has 29 heavy (non-hydrogen) atoms. The van der Waals surface area contributed by atoms with E-state index in [4.69, 9.17) is 11.6 Å². The van der Waals surface area contributed by atoms with Crippen LogP contribution in [0.15, 0.2) is 41.4 Å². The third-order valence-electron chi connectivity index (χ3n) is 3.78. The van der Waals surface area contributed by atoms with Crippen LogP contribution in [0.5, 0.6) is 0 Å². The van der Waals surface area contributed by atoms with Crippen LogP contribution < -0.4 is 4.90 Å². The van der Waals surface area contributed by atoms with Gasteiger partial charge in [-0.15, -0.1) is 22.0 Å². The summed E-state index contributed by atoms with van der Waals surface area (Å²) in [4.78, 5) is 18.8. The summed E-state index contributed by atoms with van der Waals surface area (Å²) >= 11 is 7.64. The molecule has 0 saturated heterocycles. The van der Waals surface area contributed by atoms with Gasteiger partial charge in [-0.1, -0.05) is 42.0 Å². The molecule has 152 valence electrons. The highest BCUT2D eigenvalue weighted by atomic mass is 35.5. The molecule has 0 unspecified atom stereocenters. The Balaban J connectivity index is 1.93. The Morgan fingerprint density at radius 1 is 1.21 bits per heavy atom. The van der Waals surface area contributed by atoms with Gasteiger partial charge in [-0.25, -0.2) is 4.98 Å². The molecule has 3 rings (SSSR count). The minimum Gasteiger partial charge on any atom is -0.284 e. The number of anilines is 1. The molecule has 5 nitrogen and oxygen atoms in total. The van der Waals surface area contributed by atoms with Crippen molar-refractivity contribution in [2.75, 3.05) is 17.7 Å². The molecule has 0 fully saturated rings. The van der Waals surface area contributed by atoms with Gasteiger partial charge in [0.05, 0.1) is 0 Å². The third-order valence-corrected chi connectivity index (χ3v) is 5.99. The average molecular weight is 459 g/mol. The number of hydrogen-bond acceptors (Lipinski definition) is 6. The van der Waals surface area contributed by atoms with Gasteiger partial charge in [-0.3, -0.25) is 9.69 Å². The average Bonchev–Trinajstić information content (AvgIpc) is 3.18. The highest BCUT2D eigenvalue weighted by Gasteiger charge is 2.36. The van der Waals surface area contributed by atoms with Gasteiger partial charge in [0.2, 0.25) is 10.1 Å². The molecule has 0 bridgehead atoms. The molecular formula is C18H14ClF3N4OS2. The van der Waals surface area contributed by atoms with Crippen molar-refractivity contribution in [3.63, 3.8) is 0 Å². The van der Waals surface area contributed by atoms with Crippen molar-refractivity contribution in [2.45, 2.75) is 18.0 Å². The molecule has 2 heterocycles. The van der Waals surface area contributed by atoms with Gasteiger partial charge >= 0.3 is 6.18 Å². The number of rotatable bonds is 5. The standard InChI is InChI=1S/C18H14ClF3N4OS2/c1-3-28-13-8-11(10-4-6-12(19)7-5-10)9-23-14(13)15(27)26(2)17-25-24-16(29-17)18(20,21)22/h4-9H,3H2,1-2H3. The van der Waals surface area contributed by atoms with Crippen molar-refractivity contribution >= 4 is 45.7 Å². The predicted octanol–water partition coefficient (Wildman–Crippen LogP) is 5.66. The number of hydrogen-bond donors (Lipinski definition) is 0. The Labute approximate surface area is 177 Å². The van der Waals surface area contributed by atoms with Gasteiger partial charge < -0.3 is 0 Å². The van der Waals surface area contributed by atoms with Crippen LogP contribution in [0.4, 0.5) is 18.3 Å². The van der Waals surface area contributed by atoms with E-state index in [1.807, 2.05) is 25.1 Å². The van der Waals surface area contributed by atoms with Gasteiger partial charge in [0, 0.05) is 28.7 Å². The fourth-order valence-corrected chi connectivity index (χ4v) is 3.98. The van der Waals surface area contributed by atoms with Gasteiger partial charge in [0.25, 0.3) is 5.91 Å². The van der Waals surface area contributed by atoms with Gasteiger partial charge in [-0.05, 0) is 29.5 Å². The fraction of sp³-hybridized carbons (Fsp3) is 0.222. The Kier molecular flexibility index (Phi) is 6.45. The second-order valence-electron chi connectivity index (χ2n) is 5.76. The molecule has 0 N–H and O–H groups in total. The van der Waals surface area contributed by atoms with Gasteiger partial charge in [-0.2, -0.15) is 13.2 Å². The third kappa shape index (κ3) is 4.88. The highest BCUT2D eigenvalue weighted by molar-refractivity contribution is 7.99. The number of halogens is 4. The zero-order chi connectivity index (χ0) is 21.2. The van der Waals surface area contributed by atoms with Crippen LogP contribution in [0.1, 0.15) is 22.4 Å². The molecular weight excluding hydrogens is 445 g/mol. The fourth-order valence-electron chi connectivity index (χ4n) is 2.38. The van der Waals surface area contributed by atoms with E-state index < -0.39 is 17.1 Å². The molecule has 0 saturated carbocycles. The number of thioether (sulfide) groups is 1. The number of carbonyl (C=O) groups is 1. The molecule has 3 aromatic rings. The molecule has 0 radical (unpaired) electrons. The summed E-state index contributed by atoms with van der Waals surface area (Å²) < 4.78 is 38.3. The van der Waals surface area contributed by atoms with Crippen LogP contribution >= 0.6 is 34.7 Å². The summed E-state index contributed by atoms with van der Waals surface area (Å²) in [5, 5.41) is 5.94. The molecule has 1 aromatic carbocycles. The molecule has 2 aromatic heterocycles. The Hall–Kier alpha value is -2.17. The van der Waals surface area contributed by atoms with Crippen molar-refractivity contribution < 1.29 is 18.0 Å². The van der Waals surface area contributed by atoms with Crippen LogP contribution in [0.3, 0.4) is 0 Å². The lowest BCUT2D eigenvalue weighted by Crippen LogP contribution is -2.27. The Morgan fingerprint density at radius 3 is 2.48 bits per heavy atom. The number of aromatic nitrogens is 3. The number of pyridine rings is 1. The topological polar surface area (TPSA) is 59.0 Å². The van der Waals surface area contributed by atoms with Crippen molar-refractivity contribution in [2.24, 2.45) is 0 Å². The molecule has 11 heteroatoms. The smallest absolute Gasteiger partial charge is 0.284 e. The molecule has 0 aliphatic carbocycles. The number of amides is 1. The first kappa shape index (κ1) is 21.5. The van der Waals surface area contributed by atoms with Crippen molar-refractivity contribution in [3.05, 3.63) is 52.3 Å². The summed E-state index contributed by atoms with van der Waals surface area (Å²) in [6.07, 6.45) is -3.06. The number of benzene rings is 1. The quantitative estimate of drug-likeness (QED) is 0.461. The molecule has 1 amide bonds. The molecule has 0 aliphatic heterocycles. The lowest BCUT2D eigenvalue weighted by atomic mass is 10.1. The lowest BCUT2D eigenvalue weighted by molar-refractivity contribution is -0.138. The zero-order valence-electron chi connectivity index (χ0n) is 15.2. The van der Waals surface area contributed by atoms with E-state index in [9.17, 15) is 18.0 Å². The second-order valence-corrected chi connectivity index (χ2v) is 8.46. The van der Waals surface area contributed by atoms with E-state index in [0.717, 1.165) is 16.0 Å². The van der Waals surface area contributed by atoms with Gasteiger partial charge in [0.15, 0.2) is 0 Å². The predicted molar refractivity (Wildman–Crippen MR) is 109 cm³/mol. The molecule has 0 spiro atoms. The van der Waals surface area contributed by atoms with E-state index >= 15 is 0 Å². The van der Waals surface area contributed by atoms with Crippen molar-refractivity contribution in [1.29, 1.82) is 0 Å². The molecule has 0 aliphatic rings. The zero-order valence-corrected chi connectivity index (χ0v) is 17.6. The van der Waals surface area contributed by atoms with E-state index in [1.54, 1.807) is 18.3 Å². The van der Waals surface area contributed by atoms with Crippen LogP contribution in [-0.2, 0) is 6.18 Å². The van der Waals surface area contributed by atoms with E-state index in [1.165, 1.54) is 18.8 Å². The monoisotopic (exact) mass is 458 g/mol. The summed E-state index contributed by atoms with van der Waals surface area (Å²) in [5.74, 6) is 0.126. The van der Waals surface area contributed by atoms with E-state index in [2.05, 4.69) is 15.2 Å². The summed E-state index contributed by atoms with van der Waals surface area (Å²) in [6.45, 7) is 1.93. The lowest BCUT2D eigenvalue weighted by Gasteiger charge is -2.15. The van der Waals surface area contributed by atoms with Crippen LogP contribution in [0.25, 0.3) is 11.1 Å². The maximum atomic E-state index is 12.9. The number of nitrogens with zero attached hydrogens (tertiary/aromatic N) is 4. The highest BCUT2D eigenvalue weighted by Crippen LogP contribution is 2.35. The Morgan fingerprint density at radius 2 is 1.90 bits per heavy atom. The minimum atomic E-state index is -4.61. The van der Waals surface area contributed by atoms with Crippen molar-refractivity contribution in [3.8, 4) is 11.1 Å². The van der Waals surface area contributed by atoms with Gasteiger partial charge in [0.1, 0.15) is 5.69 Å². The Bertz CT molecular complexity index is 1020.